The molecule has 1 aliphatic rings. The number of carbonyl (C=O) groups excluding carboxylic acids is 1. The van der Waals surface area contributed by atoms with Crippen molar-refractivity contribution in [2.24, 2.45) is 0 Å². The van der Waals surface area contributed by atoms with Crippen LogP contribution in [0.5, 0.6) is 0 Å². The minimum Gasteiger partial charge on any atom is -0.452 e. The molecule has 1 aromatic carbocycles. The standard InChI is InChI=1S/C14H18INO2/c1-14(2,11-9-16(11)3)18-13(17)12(15)10-7-5-4-6-8-10/h4-8,11-12H,9H2,1-3H3/p+1. The highest BCUT2D eigenvalue weighted by Gasteiger charge is 2.52. The van der Waals surface area contributed by atoms with Crippen molar-refractivity contribution in [3.05, 3.63) is 35.9 Å². The lowest BCUT2D eigenvalue weighted by atomic mass is 10.1. The van der Waals surface area contributed by atoms with Crippen LogP contribution in [0.4, 0.5) is 0 Å². The number of nitrogens with one attached hydrogen (secondary N) is 1. The first-order valence-electron chi connectivity index (χ1n) is 6.16. The zero-order valence-electron chi connectivity index (χ0n) is 10.9. The molecule has 1 fully saturated rings. The number of likely N-dealkylation sites (N-methyl/N-ethyl adjacent to an activating group) is 1. The summed E-state index contributed by atoms with van der Waals surface area (Å²) in [5, 5.41) is 0. The Labute approximate surface area is 122 Å². The van der Waals surface area contributed by atoms with E-state index in [1.807, 2.05) is 44.2 Å². The molecule has 3 unspecified atom stereocenters. The van der Waals surface area contributed by atoms with E-state index in [4.69, 9.17) is 4.74 Å². The normalized spacial score (nSPS) is 24.4. The summed E-state index contributed by atoms with van der Waals surface area (Å²) >= 11 is 2.14. The number of carbonyl (C=O) groups is 1. The van der Waals surface area contributed by atoms with E-state index in [1.165, 1.54) is 4.90 Å². The van der Waals surface area contributed by atoms with Crippen LogP contribution < -0.4 is 4.90 Å². The van der Waals surface area contributed by atoms with Crippen molar-refractivity contribution >= 4 is 28.6 Å². The van der Waals surface area contributed by atoms with Crippen LogP contribution in [-0.4, -0.2) is 31.2 Å². The average Bonchev–Trinajstić information content (AvgIpc) is 3.07. The molecule has 98 valence electrons. The van der Waals surface area contributed by atoms with Gasteiger partial charge in [0, 0.05) is 0 Å². The molecule has 1 aromatic rings. The van der Waals surface area contributed by atoms with E-state index in [0.717, 1.165) is 12.1 Å². The first-order valence-corrected chi connectivity index (χ1v) is 7.40. The predicted octanol–water partition coefficient (Wildman–Crippen LogP) is 1.38. The molecule has 0 aliphatic carbocycles. The van der Waals surface area contributed by atoms with Crippen LogP contribution in [0.25, 0.3) is 0 Å². The maximum Gasteiger partial charge on any atom is 0.324 e. The van der Waals surface area contributed by atoms with Gasteiger partial charge in [-0.1, -0.05) is 52.9 Å². The number of hydrogen-bond donors (Lipinski definition) is 1. The van der Waals surface area contributed by atoms with E-state index in [0.29, 0.717) is 6.04 Å². The number of benzene rings is 1. The van der Waals surface area contributed by atoms with Crippen molar-refractivity contribution in [2.45, 2.75) is 29.4 Å². The summed E-state index contributed by atoms with van der Waals surface area (Å²) < 4.78 is 5.45. The van der Waals surface area contributed by atoms with Gasteiger partial charge in [-0.05, 0) is 19.4 Å². The van der Waals surface area contributed by atoms with E-state index in [9.17, 15) is 4.79 Å². The molecule has 4 heteroatoms. The largest absolute Gasteiger partial charge is 0.452 e. The highest BCUT2D eigenvalue weighted by molar-refractivity contribution is 14.1. The maximum absolute atomic E-state index is 12.2. The second-order valence-electron chi connectivity index (χ2n) is 5.40. The van der Waals surface area contributed by atoms with E-state index in [-0.39, 0.29) is 15.5 Å². The molecule has 0 aromatic heterocycles. The van der Waals surface area contributed by atoms with Crippen LogP contribution in [0, 0.1) is 0 Å². The van der Waals surface area contributed by atoms with Gasteiger partial charge < -0.3 is 9.64 Å². The molecule has 3 nitrogen and oxygen atoms in total. The first kappa shape index (κ1) is 13.8. The van der Waals surface area contributed by atoms with Crippen molar-refractivity contribution in [2.75, 3.05) is 13.6 Å². The second-order valence-corrected chi connectivity index (χ2v) is 6.65. The molecule has 2 rings (SSSR count). The fourth-order valence-electron chi connectivity index (χ4n) is 2.24. The van der Waals surface area contributed by atoms with Crippen LogP contribution in [0.1, 0.15) is 23.3 Å². The number of rotatable bonds is 4. The lowest BCUT2D eigenvalue weighted by molar-refractivity contribution is -0.755. The van der Waals surface area contributed by atoms with E-state index >= 15 is 0 Å². The zero-order chi connectivity index (χ0) is 13.3. The molecule has 1 heterocycles. The Hall–Kier alpha value is -0.620. The third-order valence-corrected chi connectivity index (χ3v) is 4.69. The van der Waals surface area contributed by atoms with Crippen LogP contribution in [-0.2, 0) is 9.53 Å². The summed E-state index contributed by atoms with van der Waals surface area (Å²) in [6, 6.07) is 10.2. The van der Waals surface area contributed by atoms with Crippen molar-refractivity contribution in [3.63, 3.8) is 0 Å². The van der Waals surface area contributed by atoms with Crippen molar-refractivity contribution in [1.82, 2.24) is 0 Å². The summed E-state index contributed by atoms with van der Waals surface area (Å²) in [6.45, 7) is 5.08. The molecule has 1 N–H and O–H groups in total. The number of hydrogen-bond acceptors (Lipinski definition) is 2. The molecule has 1 aliphatic heterocycles. The Morgan fingerprint density at radius 1 is 1.44 bits per heavy atom. The SMILES string of the molecule is C[NH+]1CC1C(C)(C)OC(=O)C(I)c1ccccc1. The average molecular weight is 360 g/mol. The molecule has 0 saturated carbocycles. The highest BCUT2D eigenvalue weighted by Crippen LogP contribution is 2.28. The molecular formula is C14H19INO2+. The number of ether oxygens (including phenoxy) is 1. The van der Waals surface area contributed by atoms with Crippen molar-refractivity contribution in [3.8, 4) is 0 Å². The van der Waals surface area contributed by atoms with E-state index in [1.54, 1.807) is 0 Å². The summed E-state index contributed by atoms with van der Waals surface area (Å²) in [5.74, 6) is -0.147. The topological polar surface area (TPSA) is 30.7 Å². The number of halogens is 1. The molecule has 0 spiro atoms. The lowest BCUT2D eigenvalue weighted by Gasteiger charge is -2.23. The van der Waals surface area contributed by atoms with E-state index < -0.39 is 0 Å². The Kier molecular flexibility index (Phi) is 3.96. The van der Waals surface area contributed by atoms with Gasteiger partial charge in [-0.25, -0.2) is 0 Å². The van der Waals surface area contributed by atoms with Crippen LogP contribution in [0.3, 0.4) is 0 Å². The molecule has 0 amide bonds. The monoisotopic (exact) mass is 360 g/mol. The van der Waals surface area contributed by atoms with Gasteiger partial charge >= 0.3 is 5.97 Å². The van der Waals surface area contributed by atoms with Gasteiger partial charge in [0.1, 0.15) is 10.5 Å². The Morgan fingerprint density at radius 2 is 2.00 bits per heavy atom. The van der Waals surface area contributed by atoms with Gasteiger partial charge in [0.2, 0.25) is 0 Å². The molecule has 18 heavy (non-hydrogen) atoms. The third-order valence-electron chi connectivity index (χ3n) is 3.46. The maximum atomic E-state index is 12.2. The lowest BCUT2D eigenvalue weighted by Crippen LogP contribution is -2.92. The molecule has 3 atom stereocenters. The highest BCUT2D eigenvalue weighted by atomic mass is 127. The van der Waals surface area contributed by atoms with E-state index in [2.05, 4.69) is 29.6 Å². The smallest absolute Gasteiger partial charge is 0.324 e. The Bertz CT molecular complexity index is 433. The summed E-state index contributed by atoms with van der Waals surface area (Å²) in [4.78, 5) is 13.6. The minimum atomic E-state index is -0.376. The molecule has 0 radical (unpaired) electrons. The second kappa shape index (κ2) is 5.17. The van der Waals surface area contributed by atoms with Crippen molar-refractivity contribution < 1.29 is 14.4 Å². The number of quaternary nitrogens is 1. The molecular weight excluding hydrogens is 341 g/mol. The fourth-order valence-corrected chi connectivity index (χ4v) is 2.78. The Morgan fingerprint density at radius 3 is 2.50 bits per heavy atom. The predicted molar refractivity (Wildman–Crippen MR) is 78.9 cm³/mol. The van der Waals surface area contributed by atoms with Gasteiger partial charge in [-0.2, -0.15) is 0 Å². The van der Waals surface area contributed by atoms with Gasteiger partial charge in [0.15, 0.2) is 11.6 Å². The minimum absolute atomic E-state index is 0.147. The van der Waals surface area contributed by atoms with Crippen LogP contribution in [0.15, 0.2) is 30.3 Å². The van der Waals surface area contributed by atoms with Crippen LogP contribution >= 0.6 is 22.6 Å². The van der Waals surface area contributed by atoms with Gasteiger partial charge in [-0.15, -0.1) is 0 Å². The van der Waals surface area contributed by atoms with Crippen molar-refractivity contribution in [1.29, 1.82) is 0 Å². The zero-order valence-corrected chi connectivity index (χ0v) is 13.1. The number of alkyl halides is 1. The van der Waals surface area contributed by atoms with Gasteiger partial charge in [0.25, 0.3) is 0 Å². The molecule has 1 saturated heterocycles. The molecule has 0 bridgehead atoms. The van der Waals surface area contributed by atoms with Crippen LogP contribution in [0.2, 0.25) is 0 Å². The summed E-state index contributed by atoms with van der Waals surface area (Å²) in [5.41, 5.74) is 0.620. The summed E-state index contributed by atoms with van der Waals surface area (Å²) in [6.07, 6.45) is 0. The quantitative estimate of drug-likeness (QED) is 0.381. The Balaban J connectivity index is 2.00. The van der Waals surface area contributed by atoms with Gasteiger partial charge in [0.05, 0.1) is 7.05 Å². The fraction of sp³-hybridized carbons (Fsp3) is 0.500. The van der Waals surface area contributed by atoms with Gasteiger partial charge in [-0.3, -0.25) is 4.79 Å². The third kappa shape index (κ3) is 3.03. The first-order chi connectivity index (χ1) is 8.42. The summed E-state index contributed by atoms with van der Waals surface area (Å²) in [7, 11) is 2.12. The number of esters is 1.